The fourth-order valence-electron chi connectivity index (χ4n) is 5.21. The maximum absolute atomic E-state index is 14.7. The topological polar surface area (TPSA) is 90.8 Å². The average Bonchev–Trinajstić information content (AvgIpc) is 3.50. The Hall–Kier alpha value is -3.06. The van der Waals surface area contributed by atoms with E-state index < -0.39 is 18.0 Å². The molecule has 2 N–H and O–H groups in total. The smallest absolute Gasteiger partial charge is 0.408 e. The lowest BCUT2D eigenvalue weighted by Gasteiger charge is -2.30. The van der Waals surface area contributed by atoms with Crippen LogP contribution in [-0.4, -0.2) is 69.1 Å². The second kappa shape index (κ2) is 10.8. The molecule has 0 amide bonds. The first kappa shape index (κ1) is 27.5. The van der Waals surface area contributed by atoms with Gasteiger partial charge >= 0.3 is 6.18 Å². The van der Waals surface area contributed by atoms with Gasteiger partial charge < -0.3 is 15.2 Å². The number of halogens is 5. The Morgan fingerprint density at radius 1 is 1.05 bits per heavy atom. The van der Waals surface area contributed by atoms with Crippen LogP contribution < -0.4 is 10.5 Å². The van der Waals surface area contributed by atoms with Gasteiger partial charge in [-0.15, -0.1) is 22.6 Å². The third-order valence-corrected chi connectivity index (χ3v) is 7.11. The van der Waals surface area contributed by atoms with Crippen LogP contribution in [0.15, 0.2) is 42.6 Å². The molecule has 1 aromatic carbocycles. The van der Waals surface area contributed by atoms with Gasteiger partial charge in [0, 0.05) is 49.6 Å². The van der Waals surface area contributed by atoms with Crippen LogP contribution in [0, 0.1) is 5.82 Å². The minimum absolute atomic E-state index is 0. The predicted octanol–water partition coefficient (Wildman–Crippen LogP) is 4.70. The molecule has 1 unspecified atom stereocenters. The summed E-state index contributed by atoms with van der Waals surface area (Å²) in [5.74, 6) is -0.116. The molecule has 4 aromatic rings. The molecule has 3 aromatic heterocycles. The number of aromatic nitrogens is 4. The molecule has 13 heteroatoms. The maximum atomic E-state index is 14.7. The van der Waals surface area contributed by atoms with E-state index in [0.29, 0.717) is 54.7 Å². The standard InChI is InChI=1S/C26H26F4N6O2.ClH/c27-19-11-15-1-3-20(32-21(15)12-22(19)38-18-6-9-37-10-7-18)25-34-33-23-4-2-16(13-36(23)25)24(26(28,29)30)35-8-5-17(31)14-35;/h1-4,11-13,17-18,24H,5-10,14,31H2;1H/t17?,24-;/m1./s1. The molecular formula is C26H27ClF4N6O2. The largest absolute Gasteiger partial charge is 0.487 e. The van der Waals surface area contributed by atoms with Gasteiger partial charge in [-0.05, 0) is 30.2 Å². The summed E-state index contributed by atoms with van der Waals surface area (Å²) in [5.41, 5.74) is 7.20. The minimum Gasteiger partial charge on any atom is -0.487 e. The van der Waals surface area contributed by atoms with E-state index in [9.17, 15) is 17.6 Å². The molecule has 2 atom stereocenters. The Morgan fingerprint density at radius 3 is 2.56 bits per heavy atom. The molecule has 0 radical (unpaired) electrons. The van der Waals surface area contributed by atoms with Crippen LogP contribution in [0.4, 0.5) is 17.6 Å². The number of benzene rings is 1. The Balaban J connectivity index is 0.00000308. The second-order valence-electron chi connectivity index (χ2n) is 9.80. The molecule has 208 valence electrons. The number of rotatable bonds is 5. The van der Waals surface area contributed by atoms with Gasteiger partial charge in [0.15, 0.2) is 23.0 Å². The quantitative estimate of drug-likeness (QED) is 0.350. The van der Waals surface area contributed by atoms with Crippen LogP contribution in [0.5, 0.6) is 5.75 Å². The normalized spacial score (nSPS) is 19.9. The summed E-state index contributed by atoms with van der Waals surface area (Å²) < 4.78 is 69.9. The van der Waals surface area contributed by atoms with E-state index in [4.69, 9.17) is 15.2 Å². The highest BCUT2D eigenvalue weighted by Gasteiger charge is 2.46. The lowest BCUT2D eigenvalue weighted by molar-refractivity contribution is -0.183. The predicted molar refractivity (Wildman–Crippen MR) is 138 cm³/mol. The zero-order valence-electron chi connectivity index (χ0n) is 20.8. The number of fused-ring (bicyclic) bond motifs is 2. The number of hydrogen-bond acceptors (Lipinski definition) is 7. The lowest BCUT2D eigenvalue weighted by atomic mass is 10.1. The van der Waals surface area contributed by atoms with Crippen LogP contribution in [-0.2, 0) is 4.74 Å². The third-order valence-electron chi connectivity index (χ3n) is 7.11. The summed E-state index contributed by atoms with van der Waals surface area (Å²) in [6.07, 6.45) is -1.39. The molecule has 2 aliphatic rings. The van der Waals surface area contributed by atoms with Gasteiger partial charge in [0.1, 0.15) is 17.8 Å². The molecule has 6 rings (SSSR count). The van der Waals surface area contributed by atoms with E-state index in [-0.39, 0.29) is 54.8 Å². The first-order chi connectivity index (χ1) is 18.3. The van der Waals surface area contributed by atoms with Crippen LogP contribution in [0.2, 0.25) is 0 Å². The van der Waals surface area contributed by atoms with Gasteiger partial charge in [-0.1, -0.05) is 12.1 Å². The van der Waals surface area contributed by atoms with E-state index in [2.05, 4.69) is 15.2 Å². The van der Waals surface area contributed by atoms with Gasteiger partial charge in [-0.3, -0.25) is 9.30 Å². The fraction of sp³-hybridized carbons (Fsp3) is 0.423. The van der Waals surface area contributed by atoms with Crippen LogP contribution in [0.1, 0.15) is 30.9 Å². The third kappa shape index (κ3) is 5.51. The minimum atomic E-state index is -4.49. The van der Waals surface area contributed by atoms with Gasteiger partial charge in [-0.25, -0.2) is 9.37 Å². The van der Waals surface area contributed by atoms with Gasteiger partial charge in [-0.2, -0.15) is 13.2 Å². The van der Waals surface area contributed by atoms with Crippen molar-refractivity contribution >= 4 is 29.0 Å². The van der Waals surface area contributed by atoms with Crippen molar-refractivity contribution in [2.45, 2.75) is 43.6 Å². The van der Waals surface area contributed by atoms with Crippen molar-refractivity contribution in [1.29, 1.82) is 0 Å². The second-order valence-corrected chi connectivity index (χ2v) is 9.80. The van der Waals surface area contributed by atoms with Crippen LogP contribution >= 0.6 is 12.4 Å². The summed E-state index contributed by atoms with van der Waals surface area (Å²) in [6.45, 7) is 1.55. The zero-order chi connectivity index (χ0) is 26.4. The molecular weight excluding hydrogens is 540 g/mol. The summed E-state index contributed by atoms with van der Waals surface area (Å²) in [6, 6.07) is 7.07. The molecule has 0 saturated carbocycles. The van der Waals surface area contributed by atoms with Gasteiger partial charge in [0.2, 0.25) is 0 Å². The Kier molecular flexibility index (Phi) is 7.64. The van der Waals surface area contributed by atoms with Crippen LogP contribution in [0.25, 0.3) is 28.1 Å². The molecule has 2 saturated heterocycles. The maximum Gasteiger partial charge on any atom is 0.408 e. The van der Waals surface area contributed by atoms with Crippen molar-refractivity contribution < 1.29 is 27.0 Å². The first-order valence-electron chi connectivity index (χ1n) is 12.5. The summed E-state index contributed by atoms with van der Waals surface area (Å²) in [7, 11) is 0. The van der Waals surface area contributed by atoms with Crippen molar-refractivity contribution in [2.75, 3.05) is 26.3 Å². The van der Waals surface area contributed by atoms with Gasteiger partial charge in [0.25, 0.3) is 0 Å². The average molecular weight is 567 g/mol. The van der Waals surface area contributed by atoms with E-state index in [1.807, 2.05) is 0 Å². The number of pyridine rings is 2. The number of hydrogen-bond donors (Lipinski definition) is 1. The van der Waals surface area contributed by atoms with E-state index in [1.54, 1.807) is 12.1 Å². The first-order valence-corrected chi connectivity index (χ1v) is 12.5. The van der Waals surface area contributed by atoms with E-state index in [1.165, 1.54) is 39.8 Å². The lowest BCUT2D eigenvalue weighted by Crippen LogP contribution is -2.38. The highest BCUT2D eigenvalue weighted by molar-refractivity contribution is 5.85. The van der Waals surface area contributed by atoms with E-state index >= 15 is 0 Å². The van der Waals surface area contributed by atoms with Crippen molar-refractivity contribution in [3.05, 3.63) is 54.0 Å². The number of likely N-dealkylation sites (tertiary alicyclic amines) is 1. The monoisotopic (exact) mass is 566 g/mol. The van der Waals surface area contributed by atoms with Crippen molar-refractivity contribution in [1.82, 2.24) is 24.5 Å². The van der Waals surface area contributed by atoms with Gasteiger partial charge in [0.05, 0.1) is 18.7 Å². The highest BCUT2D eigenvalue weighted by Crippen LogP contribution is 2.39. The molecule has 0 aliphatic carbocycles. The molecule has 5 heterocycles. The Labute approximate surface area is 227 Å². The number of nitrogens with two attached hydrogens (primary N) is 1. The SMILES string of the molecule is Cl.NC1CCN([C@H](c2ccc3nnc(-c4ccc5cc(F)c(OC6CCOCC6)cc5n4)n3c2)C(F)(F)F)C1. The molecule has 2 fully saturated rings. The summed E-state index contributed by atoms with van der Waals surface area (Å²) in [4.78, 5) is 5.99. The number of alkyl halides is 3. The Bertz CT molecular complexity index is 1480. The van der Waals surface area contributed by atoms with Crippen molar-refractivity contribution in [3.8, 4) is 17.3 Å². The van der Waals surface area contributed by atoms with Crippen molar-refractivity contribution in [3.63, 3.8) is 0 Å². The number of nitrogens with zero attached hydrogens (tertiary/aromatic N) is 5. The highest BCUT2D eigenvalue weighted by atomic mass is 35.5. The van der Waals surface area contributed by atoms with E-state index in [0.717, 1.165) is 0 Å². The molecule has 0 spiro atoms. The van der Waals surface area contributed by atoms with Crippen molar-refractivity contribution in [2.24, 2.45) is 5.73 Å². The number of ether oxygens (including phenoxy) is 2. The zero-order valence-corrected chi connectivity index (χ0v) is 21.6. The molecule has 8 nitrogen and oxygen atoms in total. The Morgan fingerprint density at radius 2 is 1.85 bits per heavy atom. The fourth-order valence-corrected chi connectivity index (χ4v) is 5.21. The molecule has 39 heavy (non-hydrogen) atoms. The molecule has 0 bridgehead atoms. The summed E-state index contributed by atoms with van der Waals surface area (Å²) in [5, 5.41) is 8.87. The van der Waals surface area contributed by atoms with Crippen LogP contribution in [0.3, 0.4) is 0 Å². The summed E-state index contributed by atoms with van der Waals surface area (Å²) >= 11 is 0. The molecule has 2 aliphatic heterocycles.